The largest absolute Gasteiger partial charge is 0.326 e. The van der Waals surface area contributed by atoms with Crippen LogP contribution in [0.4, 0.5) is 0 Å². The van der Waals surface area contributed by atoms with Crippen LogP contribution in [-0.2, 0) is 4.79 Å². The van der Waals surface area contributed by atoms with E-state index < -0.39 is 0 Å². The Morgan fingerprint density at radius 2 is 2.11 bits per heavy atom. The highest BCUT2D eigenvalue weighted by Gasteiger charge is 2.21. The zero-order valence-corrected chi connectivity index (χ0v) is 13.5. The number of amides is 1. The van der Waals surface area contributed by atoms with Gasteiger partial charge in [-0.3, -0.25) is 9.79 Å². The van der Waals surface area contributed by atoms with Crippen molar-refractivity contribution in [3.8, 4) is 0 Å². The van der Waals surface area contributed by atoms with Crippen LogP contribution in [0, 0.1) is 0 Å². The van der Waals surface area contributed by atoms with E-state index in [-0.39, 0.29) is 9.96 Å². The van der Waals surface area contributed by atoms with Crippen molar-refractivity contribution >= 4 is 34.7 Å². The number of halogens is 1. The molecule has 100 valence electrons. The van der Waals surface area contributed by atoms with Crippen molar-refractivity contribution in [2.45, 2.75) is 31.2 Å². The summed E-state index contributed by atoms with van der Waals surface area (Å²) in [5, 5.41) is 0. The average molecular weight is 360 g/mol. The van der Waals surface area contributed by atoms with Crippen molar-refractivity contribution in [2.24, 2.45) is 4.99 Å². The highest BCUT2D eigenvalue weighted by Crippen LogP contribution is 2.16. The maximum absolute atomic E-state index is 12.4. The third-order valence-electron chi connectivity index (χ3n) is 2.35. The Bertz CT molecular complexity index is 370. The molecule has 0 aromatic heterocycles. The quantitative estimate of drug-likeness (QED) is 0.170. The molecule has 0 N–H and O–H groups in total. The molecule has 1 atom stereocenters. The summed E-state index contributed by atoms with van der Waals surface area (Å²) in [6, 6.07) is 0. The minimum absolute atomic E-state index is 0.0609. The molecule has 3 nitrogen and oxygen atoms in total. The highest BCUT2D eigenvalue weighted by molar-refractivity contribution is 14.1. The van der Waals surface area contributed by atoms with E-state index >= 15 is 0 Å². The van der Waals surface area contributed by atoms with E-state index in [0.29, 0.717) is 5.70 Å². The summed E-state index contributed by atoms with van der Waals surface area (Å²) in [4.78, 5) is 18.4. The van der Waals surface area contributed by atoms with E-state index in [4.69, 9.17) is 0 Å². The summed E-state index contributed by atoms with van der Waals surface area (Å²) in [5.41, 5.74) is 1.21. The van der Waals surface area contributed by atoms with Crippen molar-refractivity contribution in [1.82, 2.24) is 4.90 Å². The zero-order valence-electron chi connectivity index (χ0n) is 11.3. The summed E-state index contributed by atoms with van der Waals surface area (Å²) in [6.45, 7) is 13.9. The van der Waals surface area contributed by atoms with Crippen LogP contribution in [0.3, 0.4) is 0 Å². The van der Waals surface area contributed by atoms with Gasteiger partial charge in [0.25, 0.3) is 5.91 Å². The fraction of sp³-hybridized carbons (Fsp3) is 0.429. The first-order valence-corrected chi connectivity index (χ1v) is 7.17. The molecular formula is C14H21IN2O. The first kappa shape index (κ1) is 17.1. The lowest BCUT2D eigenvalue weighted by atomic mass is 10.2. The maximum atomic E-state index is 12.4. The molecule has 0 aliphatic rings. The van der Waals surface area contributed by atoms with Crippen LogP contribution in [0.5, 0.6) is 0 Å². The van der Waals surface area contributed by atoms with Crippen LogP contribution >= 0.6 is 22.6 Å². The SMILES string of the molecule is C=C/C=N\C(C(=O)N(CCC)C(C)I)=C(\C)C=C. The Morgan fingerprint density at radius 3 is 2.50 bits per heavy atom. The van der Waals surface area contributed by atoms with Crippen LogP contribution < -0.4 is 0 Å². The number of aliphatic imine (C=N–C) groups is 1. The molecule has 1 amide bonds. The molecule has 18 heavy (non-hydrogen) atoms. The molecular weight excluding hydrogens is 339 g/mol. The molecule has 0 spiro atoms. The summed E-state index contributed by atoms with van der Waals surface area (Å²) in [5.74, 6) is -0.0609. The van der Waals surface area contributed by atoms with Crippen molar-refractivity contribution < 1.29 is 4.79 Å². The van der Waals surface area contributed by atoms with Crippen LogP contribution in [0.1, 0.15) is 27.2 Å². The Labute approximate surface area is 123 Å². The number of rotatable bonds is 7. The lowest BCUT2D eigenvalue weighted by Gasteiger charge is -2.25. The first-order valence-electron chi connectivity index (χ1n) is 5.93. The zero-order chi connectivity index (χ0) is 14.1. The molecule has 0 saturated carbocycles. The lowest BCUT2D eigenvalue weighted by Crippen LogP contribution is -2.37. The van der Waals surface area contributed by atoms with Gasteiger partial charge in [-0.1, -0.05) is 54.8 Å². The predicted octanol–water partition coefficient (Wildman–Crippen LogP) is 3.72. The van der Waals surface area contributed by atoms with Gasteiger partial charge in [0.05, 0.1) is 4.05 Å². The van der Waals surface area contributed by atoms with Crippen molar-refractivity contribution in [3.05, 3.63) is 36.6 Å². The molecule has 0 radical (unpaired) electrons. The van der Waals surface area contributed by atoms with Gasteiger partial charge in [0.1, 0.15) is 5.70 Å². The molecule has 0 fully saturated rings. The van der Waals surface area contributed by atoms with E-state index in [1.165, 1.54) is 6.21 Å². The molecule has 0 rings (SSSR count). The van der Waals surface area contributed by atoms with Crippen LogP contribution in [-0.4, -0.2) is 27.6 Å². The van der Waals surface area contributed by atoms with E-state index in [1.807, 2.05) is 18.7 Å². The normalized spacial score (nSPS) is 14.0. The number of carbonyl (C=O) groups is 1. The van der Waals surface area contributed by atoms with Gasteiger partial charge in [0, 0.05) is 12.8 Å². The molecule has 0 aliphatic carbocycles. The predicted molar refractivity (Wildman–Crippen MR) is 87.1 cm³/mol. The lowest BCUT2D eigenvalue weighted by molar-refractivity contribution is -0.127. The summed E-state index contributed by atoms with van der Waals surface area (Å²) >= 11 is 2.23. The molecule has 4 heteroatoms. The van der Waals surface area contributed by atoms with E-state index in [2.05, 4.69) is 47.7 Å². The van der Waals surface area contributed by atoms with Crippen LogP contribution in [0.15, 0.2) is 41.6 Å². The fourth-order valence-electron chi connectivity index (χ4n) is 1.37. The van der Waals surface area contributed by atoms with Gasteiger partial charge in [0.2, 0.25) is 0 Å². The summed E-state index contributed by atoms with van der Waals surface area (Å²) in [7, 11) is 0. The number of alkyl halides is 1. The standard InChI is InChI=1S/C14H21IN2O/c1-6-9-16-13(11(4)8-3)14(18)17(10-7-2)12(5)15/h6,8-9,12H,1,3,7,10H2,2,4-5H3/b13-11-,16-9-. The Morgan fingerprint density at radius 1 is 1.50 bits per heavy atom. The molecule has 1 unspecified atom stereocenters. The minimum atomic E-state index is -0.0609. The summed E-state index contributed by atoms with van der Waals surface area (Å²) < 4.78 is 0.126. The number of nitrogens with zero attached hydrogens (tertiary/aromatic N) is 2. The van der Waals surface area contributed by atoms with E-state index in [0.717, 1.165) is 18.5 Å². The van der Waals surface area contributed by atoms with E-state index in [9.17, 15) is 4.79 Å². The number of hydrogen-bond acceptors (Lipinski definition) is 2. The van der Waals surface area contributed by atoms with Gasteiger partial charge in [0.15, 0.2) is 0 Å². The third kappa shape index (κ3) is 5.16. The number of carbonyl (C=O) groups excluding carboxylic acids is 1. The van der Waals surface area contributed by atoms with Crippen molar-refractivity contribution in [1.29, 1.82) is 0 Å². The molecule has 0 heterocycles. The highest BCUT2D eigenvalue weighted by atomic mass is 127. The Balaban J connectivity index is 5.35. The second kappa shape index (κ2) is 9.08. The first-order chi connectivity index (χ1) is 8.49. The van der Waals surface area contributed by atoms with Crippen LogP contribution in [0.2, 0.25) is 0 Å². The molecule has 0 aliphatic heterocycles. The number of hydrogen-bond donors (Lipinski definition) is 0. The molecule has 0 bridgehead atoms. The topological polar surface area (TPSA) is 32.7 Å². The van der Waals surface area contributed by atoms with Gasteiger partial charge in [-0.25, -0.2) is 0 Å². The smallest absolute Gasteiger partial charge is 0.273 e. The average Bonchev–Trinajstić information content (AvgIpc) is 2.35. The Kier molecular flexibility index (Phi) is 8.62. The fourth-order valence-corrected chi connectivity index (χ4v) is 1.90. The Hall–Kier alpha value is -0.910. The van der Waals surface area contributed by atoms with E-state index in [1.54, 1.807) is 12.2 Å². The molecule has 0 aromatic rings. The second-order valence-electron chi connectivity index (χ2n) is 3.82. The van der Waals surface area contributed by atoms with Gasteiger partial charge in [-0.15, -0.1) is 0 Å². The number of allylic oxidation sites excluding steroid dienone is 3. The maximum Gasteiger partial charge on any atom is 0.273 e. The van der Waals surface area contributed by atoms with Gasteiger partial charge in [-0.05, 0) is 25.8 Å². The van der Waals surface area contributed by atoms with Gasteiger partial charge < -0.3 is 4.90 Å². The summed E-state index contributed by atoms with van der Waals surface area (Å²) in [6.07, 6.45) is 5.66. The molecule has 0 saturated heterocycles. The minimum Gasteiger partial charge on any atom is -0.326 e. The van der Waals surface area contributed by atoms with Gasteiger partial charge >= 0.3 is 0 Å². The second-order valence-corrected chi connectivity index (χ2v) is 5.62. The van der Waals surface area contributed by atoms with Crippen molar-refractivity contribution in [2.75, 3.05) is 6.54 Å². The van der Waals surface area contributed by atoms with Crippen molar-refractivity contribution in [3.63, 3.8) is 0 Å². The van der Waals surface area contributed by atoms with Crippen LogP contribution in [0.25, 0.3) is 0 Å². The third-order valence-corrected chi connectivity index (χ3v) is 3.02. The molecule has 0 aromatic carbocycles. The van der Waals surface area contributed by atoms with Gasteiger partial charge in [-0.2, -0.15) is 0 Å². The monoisotopic (exact) mass is 360 g/mol.